The van der Waals surface area contributed by atoms with Gasteiger partial charge in [-0.05, 0) is 62.2 Å². The van der Waals surface area contributed by atoms with E-state index in [1.54, 1.807) is 26.1 Å². The molecule has 0 radical (unpaired) electrons. The predicted molar refractivity (Wildman–Crippen MR) is 106 cm³/mol. The first-order valence-electron chi connectivity index (χ1n) is 8.31. The lowest BCUT2D eigenvalue weighted by atomic mass is 10.1. The van der Waals surface area contributed by atoms with E-state index in [1.807, 2.05) is 44.2 Å². The van der Waals surface area contributed by atoms with Crippen LogP contribution in [0.15, 0.2) is 46.9 Å². The fourth-order valence-corrected chi connectivity index (χ4v) is 2.71. The molecule has 0 fully saturated rings. The minimum absolute atomic E-state index is 0.0414. The summed E-state index contributed by atoms with van der Waals surface area (Å²) in [5, 5.41) is 2.85. The van der Waals surface area contributed by atoms with E-state index < -0.39 is 6.10 Å². The number of halogens is 1. The first-order chi connectivity index (χ1) is 12.3. The maximum Gasteiger partial charge on any atom is 0.263 e. The SMILES string of the molecule is Cc1cccc(NC(=O)CN(C)C(=O)C(C)Oc2ccc(Br)cc2)c1C. The smallest absolute Gasteiger partial charge is 0.263 e. The molecule has 0 bridgehead atoms. The molecule has 0 saturated heterocycles. The van der Waals surface area contributed by atoms with E-state index in [4.69, 9.17) is 4.74 Å². The van der Waals surface area contributed by atoms with Gasteiger partial charge in [-0.15, -0.1) is 0 Å². The Morgan fingerprint density at radius 3 is 2.46 bits per heavy atom. The lowest BCUT2D eigenvalue weighted by molar-refractivity contribution is -0.139. The molecule has 2 aromatic rings. The number of rotatable bonds is 6. The van der Waals surface area contributed by atoms with Crippen LogP contribution in [0.3, 0.4) is 0 Å². The lowest BCUT2D eigenvalue weighted by Gasteiger charge is -2.22. The third-order valence-electron chi connectivity index (χ3n) is 4.11. The molecular weight excluding hydrogens is 396 g/mol. The first-order valence-corrected chi connectivity index (χ1v) is 9.10. The van der Waals surface area contributed by atoms with E-state index in [2.05, 4.69) is 21.2 Å². The number of carbonyl (C=O) groups excluding carboxylic acids is 2. The molecule has 138 valence electrons. The zero-order chi connectivity index (χ0) is 19.3. The topological polar surface area (TPSA) is 58.6 Å². The Morgan fingerprint density at radius 1 is 1.15 bits per heavy atom. The molecule has 2 amide bonds. The number of hydrogen-bond donors (Lipinski definition) is 1. The molecular formula is C20H23BrN2O3. The van der Waals surface area contributed by atoms with Gasteiger partial charge in [0.25, 0.3) is 5.91 Å². The fourth-order valence-electron chi connectivity index (χ4n) is 2.45. The van der Waals surface area contributed by atoms with Crippen molar-refractivity contribution in [3.63, 3.8) is 0 Å². The molecule has 0 aliphatic rings. The number of carbonyl (C=O) groups is 2. The summed E-state index contributed by atoms with van der Waals surface area (Å²) in [4.78, 5) is 26.1. The molecule has 0 aliphatic heterocycles. The van der Waals surface area contributed by atoms with Gasteiger partial charge in [-0.3, -0.25) is 9.59 Å². The van der Waals surface area contributed by atoms with E-state index in [0.717, 1.165) is 21.3 Å². The Hall–Kier alpha value is -2.34. The number of aryl methyl sites for hydroxylation is 1. The van der Waals surface area contributed by atoms with Crippen molar-refractivity contribution in [2.45, 2.75) is 26.9 Å². The van der Waals surface area contributed by atoms with Crippen LogP contribution >= 0.6 is 15.9 Å². The number of likely N-dealkylation sites (N-methyl/N-ethyl adjacent to an activating group) is 1. The van der Waals surface area contributed by atoms with Crippen LogP contribution in [0, 0.1) is 13.8 Å². The first kappa shape index (κ1) is 20.0. The second-order valence-electron chi connectivity index (χ2n) is 6.20. The molecule has 5 nitrogen and oxygen atoms in total. The average Bonchev–Trinajstić information content (AvgIpc) is 2.60. The van der Waals surface area contributed by atoms with Gasteiger partial charge in [0.05, 0.1) is 6.54 Å². The van der Waals surface area contributed by atoms with Crippen molar-refractivity contribution in [2.24, 2.45) is 0 Å². The number of ether oxygens (including phenoxy) is 1. The van der Waals surface area contributed by atoms with Gasteiger partial charge in [0.15, 0.2) is 6.10 Å². The van der Waals surface area contributed by atoms with Gasteiger partial charge in [0.1, 0.15) is 5.75 Å². The van der Waals surface area contributed by atoms with E-state index in [0.29, 0.717) is 5.75 Å². The van der Waals surface area contributed by atoms with Crippen molar-refractivity contribution >= 4 is 33.4 Å². The molecule has 2 aromatic carbocycles. The fraction of sp³-hybridized carbons (Fsp3) is 0.300. The van der Waals surface area contributed by atoms with Crippen molar-refractivity contribution in [3.05, 3.63) is 58.1 Å². The van der Waals surface area contributed by atoms with E-state index >= 15 is 0 Å². The molecule has 0 aliphatic carbocycles. The van der Waals surface area contributed by atoms with Crippen molar-refractivity contribution in [2.75, 3.05) is 18.9 Å². The third-order valence-corrected chi connectivity index (χ3v) is 4.64. The molecule has 0 heterocycles. The standard InChI is InChI=1S/C20H23BrN2O3/c1-13-6-5-7-18(14(13)2)22-19(24)12-23(4)20(25)15(3)26-17-10-8-16(21)9-11-17/h5-11,15H,12H2,1-4H3,(H,22,24). The van der Waals surface area contributed by atoms with Crippen LogP contribution < -0.4 is 10.1 Å². The highest BCUT2D eigenvalue weighted by molar-refractivity contribution is 9.10. The van der Waals surface area contributed by atoms with Crippen LogP contribution in [0.1, 0.15) is 18.1 Å². The van der Waals surface area contributed by atoms with Gasteiger partial charge in [0, 0.05) is 17.2 Å². The predicted octanol–water partition coefficient (Wildman–Crippen LogP) is 3.93. The molecule has 1 unspecified atom stereocenters. The second-order valence-corrected chi connectivity index (χ2v) is 7.12. The van der Waals surface area contributed by atoms with Gasteiger partial charge < -0.3 is 15.0 Å². The number of benzene rings is 2. The summed E-state index contributed by atoms with van der Waals surface area (Å²) in [6.07, 6.45) is -0.685. The normalized spacial score (nSPS) is 11.6. The van der Waals surface area contributed by atoms with Crippen molar-refractivity contribution in [1.29, 1.82) is 0 Å². The molecule has 0 aromatic heterocycles. The molecule has 1 N–H and O–H groups in total. The average molecular weight is 419 g/mol. The zero-order valence-corrected chi connectivity index (χ0v) is 17.0. The summed E-state index contributed by atoms with van der Waals surface area (Å²) >= 11 is 3.35. The summed E-state index contributed by atoms with van der Waals surface area (Å²) < 4.78 is 6.58. The van der Waals surface area contributed by atoms with Gasteiger partial charge >= 0.3 is 0 Å². The zero-order valence-electron chi connectivity index (χ0n) is 15.4. The molecule has 2 rings (SSSR count). The Bertz CT molecular complexity index is 790. The summed E-state index contributed by atoms with van der Waals surface area (Å²) in [5.74, 6) is 0.0942. The minimum atomic E-state index is -0.685. The third kappa shape index (κ3) is 5.33. The summed E-state index contributed by atoms with van der Waals surface area (Å²) in [5.41, 5.74) is 2.88. The lowest BCUT2D eigenvalue weighted by Crippen LogP contribution is -2.42. The van der Waals surface area contributed by atoms with Crippen molar-refractivity contribution in [3.8, 4) is 5.75 Å². The highest BCUT2D eigenvalue weighted by Crippen LogP contribution is 2.19. The van der Waals surface area contributed by atoms with Gasteiger partial charge in [-0.1, -0.05) is 28.1 Å². The monoisotopic (exact) mass is 418 g/mol. The van der Waals surface area contributed by atoms with Crippen LogP contribution in [0.25, 0.3) is 0 Å². The Kier molecular flexibility index (Phi) is 6.80. The number of nitrogens with one attached hydrogen (secondary N) is 1. The van der Waals surface area contributed by atoms with E-state index in [-0.39, 0.29) is 18.4 Å². The van der Waals surface area contributed by atoms with Crippen LogP contribution in [-0.2, 0) is 9.59 Å². The maximum absolute atomic E-state index is 12.4. The number of hydrogen-bond acceptors (Lipinski definition) is 3. The van der Waals surface area contributed by atoms with Crippen LogP contribution in [0.5, 0.6) is 5.75 Å². The van der Waals surface area contributed by atoms with Crippen molar-refractivity contribution in [1.82, 2.24) is 4.90 Å². The highest BCUT2D eigenvalue weighted by Gasteiger charge is 2.21. The molecule has 0 saturated carbocycles. The molecule has 6 heteroatoms. The van der Waals surface area contributed by atoms with Gasteiger partial charge in [0.2, 0.25) is 5.91 Å². The number of anilines is 1. The second kappa shape index (κ2) is 8.85. The molecule has 1 atom stereocenters. The Balaban J connectivity index is 1.91. The quantitative estimate of drug-likeness (QED) is 0.772. The van der Waals surface area contributed by atoms with Crippen molar-refractivity contribution < 1.29 is 14.3 Å². The Morgan fingerprint density at radius 2 is 1.81 bits per heavy atom. The van der Waals surface area contributed by atoms with E-state index in [9.17, 15) is 9.59 Å². The summed E-state index contributed by atoms with van der Waals surface area (Å²) in [6, 6.07) is 13.0. The number of nitrogens with zero attached hydrogens (tertiary/aromatic N) is 1. The Labute approximate surface area is 162 Å². The van der Waals surface area contributed by atoms with Crippen LogP contribution in [0.4, 0.5) is 5.69 Å². The molecule has 26 heavy (non-hydrogen) atoms. The minimum Gasteiger partial charge on any atom is -0.481 e. The highest BCUT2D eigenvalue weighted by atomic mass is 79.9. The largest absolute Gasteiger partial charge is 0.481 e. The summed E-state index contributed by atoms with van der Waals surface area (Å²) in [7, 11) is 1.59. The maximum atomic E-state index is 12.4. The van der Waals surface area contributed by atoms with Crippen LogP contribution in [-0.4, -0.2) is 36.4 Å². The van der Waals surface area contributed by atoms with Gasteiger partial charge in [-0.2, -0.15) is 0 Å². The molecule has 0 spiro atoms. The van der Waals surface area contributed by atoms with Gasteiger partial charge in [-0.25, -0.2) is 0 Å². The number of amides is 2. The van der Waals surface area contributed by atoms with E-state index in [1.165, 1.54) is 4.90 Å². The summed E-state index contributed by atoms with van der Waals surface area (Å²) in [6.45, 7) is 5.57. The van der Waals surface area contributed by atoms with Crippen LogP contribution in [0.2, 0.25) is 0 Å².